The maximum atomic E-state index is 13.3. The van der Waals surface area contributed by atoms with Gasteiger partial charge < -0.3 is 105 Å². The Morgan fingerprint density at radius 2 is 0.911 bits per heavy atom. The molecule has 0 spiro atoms. The van der Waals surface area contributed by atoms with Gasteiger partial charge in [0.1, 0.15) is 110 Å². The quantitative estimate of drug-likeness (QED) is 0.0346. The van der Waals surface area contributed by atoms with Crippen LogP contribution in [0.2, 0.25) is 0 Å². The highest BCUT2D eigenvalue weighted by Crippen LogP contribution is 2.48. The minimum atomic E-state index is -5.24. The number of thiol groups is 1. The molecule has 0 radical (unpaired) electrons. The molecule has 0 aromatic heterocycles. The van der Waals surface area contributed by atoms with Crippen LogP contribution >= 0.6 is 20.5 Å². The van der Waals surface area contributed by atoms with Gasteiger partial charge in [-0.1, -0.05) is 12.8 Å². The zero-order valence-corrected chi connectivity index (χ0v) is 31.6. The number of hydrogen-bond donors (Lipinski definition) is 16. The van der Waals surface area contributed by atoms with Crippen LogP contribution in [0.25, 0.3) is 0 Å². The van der Waals surface area contributed by atoms with Gasteiger partial charge in [0.05, 0.1) is 26.4 Å². The fourth-order valence-corrected chi connectivity index (χ4v) is 7.78. The molecule has 0 bridgehead atoms. The van der Waals surface area contributed by atoms with Crippen molar-refractivity contribution in [1.82, 2.24) is 0 Å². The van der Waals surface area contributed by atoms with Gasteiger partial charge >= 0.3 is 7.82 Å². The number of aliphatic hydroxyl groups is 14. The average molecular weight is 863 g/mol. The highest BCUT2D eigenvalue weighted by Gasteiger charge is 2.58. The number of phosphoric acid groups is 1. The number of rotatable bonds is 18. The van der Waals surface area contributed by atoms with Crippen LogP contribution in [0, 0.1) is 0 Å². The molecule has 3 aliphatic heterocycles. The molecule has 1 aliphatic carbocycles. The van der Waals surface area contributed by atoms with Crippen molar-refractivity contribution in [2.75, 3.05) is 32.2 Å². The molecule has 56 heavy (non-hydrogen) atoms. The fourth-order valence-electron chi connectivity index (χ4n) is 6.58. The second-order valence-corrected chi connectivity index (χ2v) is 15.8. The molecule has 330 valence electrons. The molecule has 0 amide bonds. The van der Waals surface area contributed by atoms with Crippen molar-refractivity contribution >= 4 is 20.5 Å². The monoisotopic (exact) mass is 862 g/mol. The first kappa shape index (κ1) is 48.3. The summed E-state index contributed by atoms with van der Waals surface area (Å²) < 4.78 is 56.6. The van der Waals surface area contributed by atoms with Gasteiger partial charge in [-0.3, -0.25) is 9.05 Å². The molecule has 15 N–H and O–H groups in total. The maximum Gasteiger partial charge on any atom is 0.472 e. The Morgan fingerprint density at radius 3 is 1.39 bits per heavy atom. The fraction of sp³-hybridized carbons (Fsp3) is 1.00. The smallest absolute Gasteiger partial charge is 0.394 e. The zero-order chi connectivity index (χ0) is 41.6. The first-order chi connectivity index (χ1) is 26.4. The van der Waals surface area contributed by atoms with E-state index in [0.717, 1.165) is 6.42 Å². The van der Waals surface area contributed by atoms with Gasteiger partial charge in [-0.05, 0) is 18.6 Å². The molecule has 0 aromatic carbocycles. The van der Waals surface area contributed by atoms with Crippen LogP contribution in [0.5, 0.6) is 0 Å². The molecule has 24 nitrogen and oxygen atoms in total. The van der Waals surface area contributed by atoms with Crippen LogP contribution < -0.4 is 0 Å². The van der Waals surface area contributed by atoms with Crippen LogP contribution in [-0.2, 0) is 42.0 Å². The lowest BCUT2D eigenvalue weighted by atomic mass is 9.84. The van der Waals surface area contributed by atoms with E-state index in [1.165, 1.54) is 0 Å². The molecule has 4 aliphatic rings. The highest BCUT2D eigenvalue weighted by molar-refractivity contribution is 7.80. The van der Waals surface area contributed by atoms with Crippen molar-refractivity contribution in [1.29, 1.82) is 0 Å². The maximum absolute atomic E-state index is 13.3. The molecule has 22 atom stereocenters. The summed E-state index contributed by atoms with van der Waals surface area (Å²) in [5.74, 6) is 0.610. The van der Waals surface area contributed by atoms with Crippen molar-refractivity contribution in [3.63, 3.8) is 0 Å². The normalized spacial score (nSPS) is 47.4. The van der Waals surface area contributed by atoms with Gasteiger partial charge in [0.15, 0.2) is 18.9 Å². The Morgan fingerprint density at radius 1 is 0.500 bits per heavy atom. The van der Waals surface area contributed by atoms with Crippen molar-refractivity contribution in [3.8, 4) is 0 Å². The number of hydrogen-bond acceptors (Lipinski definition) is 24. The average Bonchev–Trinajstić information content (AvgIpc) is 3.17. The van der Waals surface area contributed by atoms with E-state index >= 15 is 0 Å². The summed E-state index contributed by atoms with van der Waals surface area (Å²) in [7, 11) is -5.24. The summed E-state index contributed by atoms with van der Waals surface area (Å²) in [4.78, 5) is 10.7. The molecular weight excluding hydrogens is 807 g/mol. The summed E-state index contributed by atoms with van der Waals surface area (Å²) in [5.41, 5.74) is 0. The third-order valence-electron chi connectivity index (χ3n) is 9.96. The van der Waals surface area contributed by atoms with Gasteiger partial charge in [-0.25, -0.2) is 4.57 Å². The van der Waals surface area contributed by atoms with Crippen LogP contribution in [0.15, 0.2) is 0 Å². The number of unbranched alkanes of at least 4 members (excludes halogenated alkanes) is 3. The minimum absolute atomic E-state index is 0.274. The van der Waals surface area contributed by atoms with Gasteiger partial charge in [0, 0.05) is 0 Å². The summed E-state index contributed by atoms with van der Waals surface area (Å²) >= 11 is 4.11. The van der Waals surface area contributed by atoms with Crippen molar-refractivity contribution < 1.29 is 118 Å². The Balaban J connectivity index is 1.59. The van der Waals surface area contributed by atoms with E-state index in [2.05, 4.69) is 12.6 Å². The van der Waals surface area contributed by atoms with Crippen molar-refractivity contribution in [3.05, 3.63) is 0 Å². The molecular formula is C30H55O24PS. The first-order valence-electron chi connectivity index (χ1n) is 17.9. The molecule has 3 saturated heterocycles. The van der Waals surface area contributed by atoms with E-state index in [1.807, 2.05) is 0 Å². The Kier molecular flexibility index (Phi) is 18.5. The largest absolute Gasteiger partial charge is 0.472 e. The molecule has 3 heterocycles. The van der Waals surface area contributed by atoms with Crippen molar-refractivity contribution in [2.24, 2.45) is 0 Å². The second kappa shape index (κ2) is 21.4. The SMILES string of the molecule is O=P(O)(OCCCCCCS)O[C@H]1C(O[C@H]2OC(CO[C@H]3OC(CO)[C@@H](O)[C@H](O)C3O)[C@@H](O)[C@H](O)C2O)C(O)[C@H](O)C(O)[C@@H]1O[C@H]1OC(CO)[C@@H](O)[C@H](O)C1O. The van der Waals surface area contributed by atoms with E-state index in [-0.39, 0.29) is 13.0 Å². The van der Waals surface area contributed by atoms with E-state index in [9.17, 15) is 80.9 Å². The summed E-state index contributed by atoms with van der Waals surface area (Å²) in [6.07, 6.45) is -39.4. The predicted octanol–water partition coefficient (Wildman–Crippen LogP) is -7.73. The molecule has 0 aromatic rings. The van der Waals surface area contributed by atoms with Gasteiger partial charge in [-0.2, -0.15) is 12.6 Å². The van der Waals surface area contributed by atoms with Gasteiger partial charge in [0.25, 0.3) is 0 Å². The van der Waals surface area contributed by atoms with Crippen LogP contribution in [0.1, 0.15) is 25.7 Å². The summed E-state index contributed by atoms with van der Waals surface area (Å²) in [6.45, 7) is -2.86. The molecule has 4 fully saturated rings. The zero-order valence-electron chi connectivity index (χ0n) is 29.8. The van der Waals surface area contributed by atoms with Gasteiger partial charge in [-0.15, -0.1) is 0 Å². The number of ether oxygens (including phenoxy) is 6. The predicted molar refractivity (Wildman–Crippen MR) is 181 cm³/mol. The van der Waals surface area contributed by atoms with E-state index in [4.69, 9.17) is 37.5 Å². The third-order valence-corrected chi connectivity index (χ3v) is 11.3. The Hall–Kier alpha value is -0.340. The number of phosphoric ester groups is 1. The second-order valence-electron chi connectivity index (χ2n) is 13.9. The summed E-state index contributed by atoms with van der Waals surface area (Å²) in [5, 5.41) is 146. The lowest BCUT2D eigenvalue weighted by molar-refractivity contribution is -0.364. The molecule has 10 unspecified atom stereocenters. The summed E-state index contributed by atoms with van der Waals surface area (Å²) in [6, 6.07) is 0. The molecule has 4 rings (SSSR count). The van der Waals surface area contributed by atoms with Crippen LogP contribution in [0.3, 0.4) is 0 Å². The highest BCUT2D eigenvalue weighted by atomic mass is 32.1. The van der Waals surface area contributed by atoms with E-state index in [1.54, 1.807) is 0 Å². The lowest BCUT2D eigenvalue weighted by Gasteiger charge is -2.49. The van der Waals surface area contributed by atoms with Gasteiger partial charge in [0.2, 0.25) is 0 Å². The lowest BCUT2D eigenvalue weighted by Crippen LogP contribution is -2.69. The molecule has 26 heteroatoms. The first-order valence-corrected chi connectivity index (χ1v) is 20.1. The molecule has 1 saturated carbocycles. The van der Waals surface area contributed by atoms with E-state index < -0.39 is 156 Å². The van der Waals surface area contributed by atoms with E-state index in [0.29, 0.717) is 18.6 Å². The standard InChI is InChI=1S/C30H55O24PS/c31-7-10-13(33)16(36)22(42)28(49-10)47-9-12-15(35)18(38)24(44)30(51-12)53-26-21(41)19(39)20(40)25(52-29-23(43)17(37)14(34)11(8-32)50-29)27(26)54-55(45,46)48-5-3-1-2-4-6-56/h10-44,56H,1-9H2,(H,45,46)/t10?,11?,12?,13-,14-,15-,16+,17+,18+,19-,20?,21?,22?,23?,24?,25+,26?,27-,28+,29-,30-/m1/s1. The number of aliphatic hydroxyl groups excluding tert-OH is 14. The van der Waals surface area contributed by atoms with Crippen LogP contribution in [-0.4, -0.2) is 237 Å². The Labute approximate surface area is 325 Å². The Bertz CT molecular complexity index is 1230. The third kappa shape index (κ3) is 11.3. The topological polar surface area (TPSA) is 394 Å². The van der Waals surface area contributed by atoms with Crippen LogP contribution in [0.4, 0.5) is 0 Å². The van der Waals surface area contributed by atoms with Crippen molar-refractivity contribution in [2.45, 2.75) is 154 Å². The minimum Gasteiger partial charge on any atom is -0.394 e.